The summed E-state index contributed by atoms with van der Waals surface area (Å²) in [6, 6.07) is 15.8. The maximum absolute atomic E-state index is 12.0. The molecule has 2 aromatic heterocycles. The Balaban J connectivity index is 0.00000132. The van der Waals surface area contributed by atoms with Crippen molar-refractivity contribution in [3.05, 3.63) is 76.7 Å². The molecule has 0 spiro atoms. The highest BCUT2D eigenvalue weighted by atomic mass is 16.5. The molecule has 2 N–H and O–H groups in total. The van der Waals surface area contributed by atoms with Crippen LogP contribution >= 0.6 is 0 Å². The number of benzene rings is 2. The van der Waals surface area contributed by atoms with E-state index in [1.54, 1.807) is 25.4 Å². The van der Waals surface area contributed by atoms with Crippen LogP contribution in [-0.4, -0.2) is 27.8 Å². The zero-order chi connectivity index (χ0) is 22.4. The van der Waals surface area contributed by atoms with Gasteiger partial charge in [0.25, 0.3) is 0 Å². The lowest BCUT2D eigenvalue weighted by atomic mass is 10.1. The van der Waals surface area contributed by atoms with E-state index in [1.807, 2.05) is 50.2 Å². The van der Waals surface area contributed by atoms with E-state index in [-0.39, 0.29) is 11.3 Å². The topological polar surface area (TPSA) is 97.0 Å². The number of carbonyl (C=O) groups excluding carboxylic acids is 1. The third-order valence-corrected chi connectivity index (χ3v) is 4.50. The molecule has 0 unspecified atom stereocenters. The van der Waals surface area contributed by atoms with Crippen LogP contribution in [-0.2, 0) is 0 Å². The molecule has 31 heavy (non-hydrogen) atoms. The van der Waals surface area contributed by atoms with Crippen molar-refractivity contribution >= 4 is 28.2 Å². The van der Waals surface area contributed by atoms with Gasteiger partial charge in [0.1, 0.15) is 11.6 Å². The number of fused-ring (bicyclic) bond motifs is 1. The Kier molecular flexibility index (Phi) is 6.77. The smallest absolute Gasteiger partial charge is 0.247 e. The van der Waals surface area contributed by atoms with Crippen LogP contribution in [0.2, 0.25) is 0 Å². The standard InChI is InChI=1S/C22H18N4O3.C2H6/c1-13(27)16-5-3-4-6-18(16)25-22-17-11-15(29-2)8-9-19(17)24-21(26-22)14-7-10-20(28)23-12-14;1-2/h3-12H,1-2H3,(H,23,28)(H,24,25,26);1-2H3. The van der Waals surface area contributed by atoms with Crippen LogP contribution in [0.15, 0.2) is 65.6 Å². The first kappa shape index (κ1) is 21.7. The van der Waals surface area contributed by atoms with Crippen molar-refractivity contribution in [1.29, 1.82) is 0 Å². The maximum atomic E-state index is 12.0. The Morgan fingerprint density at radius 1 is 1.03 bits per heavy atom. The fourth-order valence-electron chi connectivity index (χ4n) is 3.04. The number of aromatic amines is 1. The number of Topliss-reactive ketones (excluding diaryl/α,β-unsaturated/α-hetero) is 1. The summed E-state index contributed by atoms with van der Waals surface area (Å²) in [5, 5.41) is 4.02. The van der Waals surface area contributed by atoms with Gasteiger partial charge in [0.15, 0.2) is 11.6 Å². The second-order valence-electron chi connectivity index (χ2n) is 6.45. The van der Waals surface area contributed by atoms with Gasteiger partial charge >= 0.3 is 0 Å². The lowest BCUT2D eigenvalue weighted by molar-refractivity contribution is 0.101. The van der Waals surface area contributed by atoms with Crippen LogP contribution in [0.25, 0.3) is 22.3 Å². The van der Waals surface area contributed by atoms with Crippen LogP contribution in [0, 0.1) is 0 Å². The molecule has 2 heterocycles. The van der Waals surface area contributed by atoms with Gasteiger partial charge in [0.2, 0.25) is 5.56 Å². The van der Waals surface area contributed by atoms with Crippen molar-refractivity contribution in [3.8, 4) is 17.1 Å². The summed E-state index contributed by atoms with van der Waals surface area (Å²) < 4.78 is 5.34. The van der Waals surface area contributed by atoms with Gasteiger partial charge in [-0.2, -0.15) is 0 Å². The minimum atomic E-state index is -0.201. The number of para-hydroxylation sites is 1. The molecule has 158 valence electrons. The normalized spacial score (nSPS) is 10.2. The van der Waals surface area contributed by atoms with E-state index in [2.05, 4.69) is 20.3 Å². The Hall–Kier alpha value is -4.00. The lowest BCUT2D eigenvalue weighted by Crippen LogP contribution is -2.05. The quantitative estimate of drug-likeness (QED) is 0.446. The third kappa shape index (κ3) is 4.78. The number of H-pyrrole nitrogens is 1. The summed E-state index contributed by atoms with van der Waals surface area (Å²) in [7, 11) is 1.59. The summed E-state index contributed by atoms with van der Waals surface area (Å²) in [6.45, 7) is 5.52. The number of nitrogens with one attached hydrogen (secondary N) is 2. The van der Waals surface area contributed by atoms with E-state index in [9.17, 15) is 9.59 Å². The highest BCUT2D eigenvalue weighted by Crippen LogP contribution is 2.30. The number of pyridine rings is 1. The summed E-state index contributed by atoms with van der Waals surface area (Å²) in [4.78, 5) is 35.3. The number of hydrogen-bond donors (Lipinski definition) is 2. The van der Waals surface area contributed by atoms with Gasteiger partial charge in [-0.1, -0.05) is 26.0 Å². The molecule has 0 aliphatic carbocycles. The zero-order valence-electron chi connectivity index (χ0n) is 17.9. The molecule has 0 aliphatic heterocycles. The number of anilines is 2. The minimum absolute atomic E-state index is 0.0510. The fourth-order valence-corrected chi connectivity index (χ4v) is 3.04. The molecule has 0 saturated carbocycles. The molecule has 4 aromatic rings. The Bertz CT molecular complexity index is 1260. The van der Waals surface area contributed by atoms with E-state index in [0.29, 0.717) is 39.7 Å². The highest BCUT2D eigenvalue weighted by Gasteiger charge is 2.14. The van der Waals surface area contributed by atoms with Crippen LogP contribution in [0.3, 0.4) is 0 Å². The molecular formula is C24H24N4O3. The molecule has 4 rings (SSSR count). The van der Waals surface area contributed by atoms with Crippen molar-refractivity contribution < 1.29 is 9.53 Å². The summed E-state index contributed by atoms with van der Waals surface area (Å²) in [5.74, 6) is 1.59. The number of ether oxygens (including phenoxy) is 1. The number of carbonyl (C=O) groups is 1. The van der Waals surface area contributed by atoms with E-state index in [0.717, 1.165) is 5.39 Å². The van der Waals surface area contributed by atoms with Crippen molar-refractivity contribution in [2.75, 3.05) is 12.4 Å². The molecule has 7 heteroatoms. The Morgan fingerprint density at radius 2 is 1.81 bits per heavy atom. The molecule has 0 aliphatic rings. The first-order valence-electron chi connectivity index (χ1n) is 9.97. The van der Waals surface area contributed by atoms with Crippen LogP contribution in [0.1, 0.15) is 31.1 Å². The number of aromatic nitrogens is 3. The van der Waals surface area contributed by atoms with Crippen LogP contribution < -0.4 is 15.6 Å². The van der Waals surface area contributed by atoms with Crippen molar-refractivity contribution in [2.45, 2.75) is 20.8 Å². The monoisotopic (exact) mass is 416 g/mol. The molecule has 0 amide bonds. The Labute approximate surface area is 180 Å². The lowest BCUT2D eigenvalue weighted by Gasteiger charge is -2.14. The van der Waals surface area contributed by atoms with E-state index in [1.165, 1.54) is 13.0 Å². The van der Waals surface area contributed by atoms with E-state index >= 15 is 0 Å². The molecule has 0 atom stereocenters. The largest absolute Gasteiger partial charge is 0.497 e. The van der Waals surface area contributed by atoms with Crippen molar-refractivity contribution in [1.82, 2.24) is 15.0 Å². The van der Waals surface area contributed by atoms with Crippen molar-refractivity contribution in [3.63, 3.8) is 0 Å². The molecule has 0 radical (unpaired) electrons. The van der Waals surface area contributed by atoms with Gasteiger partial charge in [0, 0.05) is 28.8 Å². The predicted molar refractivity (Wildman–Crippen MR) is 123 cm³/mol. The molecular weight excluding hydrogens is 392 g/mol. The molecule has 7 nitrogen and oxygen atoms in total. The number of nitrogens with zero attached hydrogens (tertiary/aromatic N) is 2. The van der Waals surface area contributed by atoms with E-state index < -0.39 is 0 Å². The number of methoxy groups -OCH3 is 1. The second-order valence-corrected chi connectivity index (χ2v) is 6.45. The highest BCUT2D eigenvalue weighted by molar-refractivity contribution is 6.01. The van der Waals surface area contributed by atoms with Crippen molar-refractivity contribution in [2.24, 2.45) is 0 Å². The molecule has 0 bridgehead atoms. The zero-order valence-corrected chi connectivity index (χ0v) is 17.9. The number of hydrogen-bond acceptors (Lipinski definition) is 6. The summed E-state index contributed by atoms with van der Waals surface area (Å²) in [5.41, 5.74) is 2.38. The van der Waals surface area contributed by atoms with Gasteiger partial charge in [-0.05, 0) is 43.3 Å². The molecule has 0 fully saturated rings. The van der Waals surface area contributed by atoms with Gasteiger partial charge in [-0.25, -0.2) is 9.97 Å². The first-order chi connectivity index (χ1) is 15.0. The van der Waals surface area contributed by atoms with Gasteiger partial charge in [0.05, 0.1) is 18.3 Å². The predicted octanol–water partition coefficient (Wildman–Crippen LogP) is 4.97. The van der Waals surface area contributed by atoms with Crippen LogP contribution in [0.5, 0.6) is 5.75 Å². The van der Waals surface area contributed by atoms with Gasteiger partial charge in [-0.15, -0.1) is 0 Å². The molecule has 2 aromatic carbocycles. The maximum Gasteiger partial charge on any atom is 0.247 e. The summed E-state index contributed by atoms with van der Waals surface area (Å²) in [6.07, 6.45) is 1.57. The van der Waals surface area contributed by atoms with Gasteiger partial charge in [-0.3, -0.25) is 9.59 Å². The number of ketones is 1. The first-order valence-corrected chi connectivity index (χ1v) is 9.97. The van der Waals surface area contributed by atoms with E-state index in [4.69, 9.17) is 4.74 Å². The SMILES string of the molecule is CC.COc1ccc2nc(-c3ccc(=O)[nH]c3)nc(Nc3ccccc3C(C)=O)c2c1. The number of rotatable bonds is 5. The average Bonchev–Trinajstić information content (AvgIpc) is 2.80. The fraction of sp³-hybridized carbons (Fsp3) is 0.167. The second kappa shape index (κ2) is 9.67. The minimum Gasteiger partial charge on any atom is -0.497 e. The van der Waals surface area contributed by atoms with Gasteiger partial charge < -0.3 is 15.0 Å². The Morgan fingerprint density at radius 3 is 2.48 bits per heavy atom. The van der Waals surface area contributed by atoms with Crippen LogP contribution in [0.4, 0.5) is 11.5 Å². The third-order valence-electron chi connectivity index (χ3n) is 4.50. The molecule has 0 saturated heterocycles. The average molecular weight is 416 g/mol. The summed E-state index contributed by atoms with van der Waals surface area (Å²) >= 11 is 0.